The van der Waals surface area contributed by atoms with Gasteiger partial charge >= 0.3 is 0 Å². The first-order chi connectivity index (χ1) is 7.79. The minimum absolute atomic E-state index is 0.0882. The second-order valence-corrected chi connectivity index (χ2v) is 4.02. The van der Waals surface area contributed by atoms with Gasteiger partial charge in [-0.3, -0.25) is 4.98 Å². The third-order valence-electron chi connectivity index (χ3n) is 2.43. The van der Waals surface area contributed by atoms with Crippen molar-refractivity contribution in [1.29, 1.82) is 0 Å². The highest BCUT2D eigenvalue weighted by atomic mass is 35.5. The van der Waals surface area contributed by atoms with E-state index in [-0.39, 0.29) is 11.3 Å². The van der Waals surface area contributed by atoms with Gasteiger partial charge in [0.1, 0.15) is 11.2 Å². The molecule has 2 aromatic rings. The van der Waals surface area contributed by atoms with Crippen molar-refractivity contribution in [3.05, 3.63) is 54.4 Å². The Morgan fingerprint density at radius 1 is 1.00 bits per heavy atom. The number of pyridine rings is 1. The minimum atomic E-state index is -0.254. The lowest BCUT2D eigenvalue weighted by molar-refractivity contribution is 0.671. The van der Waals surface area contributed by atoms with Crippen LogP contribution in [0.15, 0.2) is 42.9 Å². The minimum Gasteiger partial charge on any atom is -0.261 e. The third kappa shape index (κ3) is 2.36. The zero-order valence-electron chi connectivity index (χ0n) is 8.92. The molecule has 16 heavy (non-hydrogen) atoms. The SMILES string of the molecule is CC(c1ccccn1)C(Cl)c1ncccn1. The monoisotopic (exact) mass is 233 g/mol. The van der Waals surface area contributed by atoms with Gasteiger partial charge in [-0.05, 0) is 18.2 Å². The lowest BCUT2D eigenvalue weighted by atomic mass is 10.0. The maximum Gasteiger partial charge on any atom is 0.146 e. The average molecular weight is 234 g/mol. The molecule has 0 aliphatic carbocycles. The summed E-state index contributed by atoms with van der Waals surface area (Å²) in [6.45, 7) is 2.02. The van der Waals surface area contributed by atoms with Crippen LogP contribution in [0.1, 0.15) is 29.7 Å². The molecule has 0 N–H and O–H groups in total. The van der Waals surface area contributed by atoms with E-state index in [9.17, 15) is 0 Å². The van der Waals surface area contributed by atoms with Crippen LogP contribution in [0.3, 0.4) is 0 Å². The van der Waals surface area contributed by atoms with E-state index in [1.807, 2.05) is 25.1 Å². The van der Waals surface area contributed by atoms with Gasteiger partial charge < -0.3 is 0 Å². The van der Waals surface area contributed by atoms with Crippen molar-refractivity contribution in [3.63, 3.8) is 0 Å². The quantitative estimate of drug-likeness (QED) is 0.765. The van der Waals surface area contributed by atoms with Gasteiger partial charge in [0.05, 0.1) is 0 Å². The van der Waals surface area contributed by atoms with E-state index >= 15 is 0 Å². The van der Waals surface area contributed by atoms with E-state index in [4.69, 9.17) is 11.6 Å². The molecule has 82 valence electrons. The van der Waals surface area contributed by atoms with E-state index in [1.54, 1.807) is 24.7 Å². The zero-order chi connectivity index (χ0) is 11.4. The van der Waals surface area contributed by atoms with Crippen LogP contribution < -0.4 is 0 Å². The smallest absolute Gasteiger partial charge is 0.146 e. The van der Waals surface area contributed by atoms with Crippen molar-refractivity contribution in [1.82, 2.24) is 15.0 Å². The Morgan fingerprint density at radius 2 is 1.69 bits per heavy atom. The van der Waals surface area contributed by atoms with Gasteiger partial charge in [0.15, 0.2) is 0 Å². The number of aromatic nitrogens is 3. The summed E-state index contributed by atoms with van der Waals surface area (Å²) < 4.78 is 0. The molecule has 3 nitrogen and oxygen atoms in total. The van der Waals surface area contributed by atoms with E-state index in [2.05, 4.69) is 15.0 Å². The summed E-state index contributed by atoms with van der Waals surface area (Å²) in [5.41, 5.74) is 0.954. The molecule has 0 bridgehead atoms. The Kier molecular flexibility index (Phi) is 3.47. The van der Waals surface area contributed by atoms with Gasteiger partial charge in [0, 0.05) is 30.2 Å². The summed E-state index contributed by atoms with van der Waals surface area (Å²) in [7, 11) is 0. The molecular weight excluding hydrogens is 222 g/mol. The first-order valence-corrected chi connectivity index (χ1v) is 5.54. The normalized spacial score (nSPS) is 14.4. The first-order valence-electron chi connectivity index (χ1n) is 5.11. The van der Waals surface area contributed by atoms with Gasteiger partial charge in [-0.2, -0.15) is 0 Å². The third-order valence-corrected chi connectivity index (χ3v) is 3.00. The van der Waals surface area contributed by atoms with Crippen LogP contribution in [0.5, 0.6) is 0 Å². The summed E-state index contributed by atoms with van der Waals surface area (Å²) in [6, 6.07) is 7.58. The molecular formula is C12H12ClN3. The Balaban J connectivity index is 2.20. The molecule has 2 heterocycles. The van der Waals surface area contributed by atoms with E-state index in [0.29, 0.717) is 5.82 Å². The number of hydrogen-bond donors (Lipinski definition) is 0. The molecule has 0 spiro atoms. The molecule has 0 amide bonds. The summed E-state index contributed by atoms with van der Waals surface area (Å²) >= 11 is 6.33. The Morgan fingerprint density at radius 3 is 2.31 bits per heavy atom. The Hall–Kier alpha value is -1.48. The molecule has 0 saturated heterocycles. The Bertz CT molecular complexity index is 389. The number of alkyl halides is 1. The average Bonchev–Trinajstić information content (AvgIpc) is 2.39. The van der Waals surface area contributed by atoms with Crippen LogP contribution in [0.25, 0.3) is 0 Å². The van der Waals surface area contributed by atoms with Gasteiger partial charge in [-0.25, -0.2) is 9.97 Å². The number of rotatable bonds is 3. The maximum absolute atomic E-state index is 6.33. The fraction of sp³-hybridized carbons (Fsp3) is 0.250. The predicted molar refractivity (Wildman–Crippen MR) is 63.3 cm³/mol. The molecule has 0 aliphatic heterocycles. The predicted octanol–water partition coefficient (Wildman–Crippen LogP) is 2.96. The maximum atomic E-state index is 6.33. The molecule has 0 fully saturated rings. The summed E-state index contributed by atoms with van der Waals surface area (Å²) in [4.78, 5) is 12.6. The number of nitrogens with zero attached hydrogens (tertiary/aromatic N) is 3. The van der Waals surface area contributed by atoms with Crippen LogP contribution in [-0.2, 0) is 0 Å². The van der Waals surface area contributed by atoms with Crippen LogP contribution in [0.2, 0.25) is 0 Å². The molecule has 2 atom stereocenters. The topological polar surface area (TPSA) is 38.7 Å². The van der Waals surface area contributed by atoms with Gasteiger partial charge in [-0.15, -0.1) is 11.6 Å². The zero-order valence-corrected chi connectivity index (χ0v) is 9.67. The highest BCUT2D eigenvalue weighted by Crippen LogP contribution is 2.32. The summed E-state index contributed by atoms with van der Waals surface area (Å²) in [5.74, 6) is 0.729. The largest absolute Gasteiger partial charge is 0.261 e. The molecule has 0 radical (unpaired) electrons. The van der Waals surface area contributed by atoms with Crippen molar-refractivity contribution < 1.29 is 0 Å². The standard InChI is InChI=1S/C12H12ClN3/c1-9(10-5-2-3-6-14-10)11(13)12-15-7-4-8-16-12/h2-9,11H,1H3. The molecule has 0 saturated carbocycles. The number of halogens is 1. The molecule has 2 aromatic heterocycles. The van der Waals surface area contributed by atoms with Crippen LogP contribution in [0, 0.1) is 0 Å². The molecule has 0 aliphatic rings. The highest BCUT2D eigenvalue weighted by Gasteiger charge is 2.21. The lowest BCUT2D eigenvalue weighted by Gasteiger charge is -2.15. The van der Waals surface area contributed by atoms with Crippen molar-refractivity contribution >= 4 is 11.6 Å². The second kappa shape index (κ2) is 5.03. The van der Waals surface area contributed by atoms with E-state index in [1.165, 1.54) is 0 Å². The summed E-state index contributed by atoms with van der Waals surface area (Å²) in [5, 5.41) is -0.254. The lowest BCUT2D eigenvalue weighted by Crippen LogP contribution is -2.07. The summed E-state index contributed by atoms with van der Waals surface area (Å²) in [6.07, 6.45) is 5.16. The number of hydrogen-bond acceptors (Lipinski definition) is 3. The van der Waals surface area contributed by atoms with E-state index < -0.39 is 0 Å². The van der Waals surface area contributed by atoms with Crippen LogP contribution >= 0.6 is 11.6 Å². The fourth-order valence-corrected chi connectivity index (χ4v) is 1.71. The highest BCUT2D eigenvalue weighted by molar-refractivity contribution is 6.20. The van der Waals surface area contributed by atoms with E-state index in [0.717, 1.165) is 5.69 Å². The van der Waals surface area contributed by atoms with Gasteiger partial charge in [-0.1, -0.05) is 13.0 Å². The first kappa shape index (κ1) is 11.0. The van der Waals surface area contributed by atoms with Gasteiger partial charge in [0.25, 0.3) is 0 Å². The van der Waals surface area contributed by atoms with Crippen LogP contribution in [-0.4, -0.2) is 15.0 Å². The van der Waals surface area contributed by atoms with Crippen molar-refractivity contribution in [3.8, 4) is 0 Å². The molecule has 4 heteroatoms. The van der Waals surface area contributed by atoms with Crippen molar-refractivity contribution in [2.45, 2.75) is 18.2 Å². The molecule has 2 unspecified atom stereocenters. The van der Waals surface area contributed by atoms with Crippen molar-refractivity contribution in [2.24, 2.45) is 0 Å². The second-order valence-electron chi connectivity index (χ2n) is 3.55. The van der Waals surface area contributed by atoms with Gasteiger partial charge in [0.2, 0.25) is 0 Å². The van der Waals surface area contributed by atoms with Crippen molar-refractivity contribution in [2.75, 3.05) is 0 Å². The Labute approximate surface area is 99.5 Å². The molecule has 2 rings (SSSR count). The van der Waals surface area contributed by atoms with Crippen LogP contribution in [0.4, 0.5) is 0 Å². The fourth-order valence-electron chi connectivity index (χ4n) is 1.47. The molecule has 0 aromatic carbocycles.